The molecule has 3 heteroatoms. The summed E-state index contributed by atoms with van der Waals surface area (Å²) in [7, 11) is 0. The average molecular weight is 189 g/mol. The number of hydrogen-bond donors (Lipinski definition) is 2. The van der Waals surface area contributed by atoms with Gasteiger partial charge >= 0.3 is 0 Å². The third-order valence-electron chi connectivity index (χ3n) is 2.48. The minimum absolute atomic E-state index is 0.684. The lowest BCUT2D eigenvalue weighted by molar-refractivity contribution is 0.974. The van der Waals surface area contributed by atoms with Gasteiger partial charge < -0.3 is 5.73 Å². The van der Waals surface area contributed by atoms with E-state index in [1.165, 1.54) is 16.5 Å². The van der Waals surface area contributed by atoms with Crippen LogP contribution in [0.1, 0.15) is 16.8 Å². The quantitative estimate of drug-likeness (QED) is 0.755. The van der Waals surface area contributed by atoms with Gasteiger partial charge in [-0.25, -0.2) is 0 Å². The molecule has 0 saturated carbocycles. The molecule has 14 heavy (non-hydrogen) atoms. The Bertz CT molecular complexity index is 457. The predicted octanol–water partition coefficient (Wildman–Crippen LogP) is 1.68. The highest BCUT2D eigenvalue weighted by molar-refractivity contribution is 5.85. The Labute approximate surface area is 83.3 Å². The molecule has 0 unspecified atom stereocenters. The zero-order valence-corrected chi connectivity index (χ0v) is 8.59. The van der Waals surface area contributed by atoms with Crippen LogP contribution < -0.4 is 5.73 Å². The van der Waals surface area contributed by atoms with Gasteiger partial charge in [-0.2, -0.15) is 5.10 Å². The average Bonchev–Trinajstić information content (AvgIpc) is 2.48. The summed E-state index contributed by atoms with van der Waals surface area (Å²) in [6.07, 6.45) is 0.915. The fourth-order valence-electron chi connectivity index (χ4n) is 1.91. The van der Waals surface area contributed by atoms with Crippen LogP contribution in [0.5, 0.6) is 0 Å². The second-order valence-corrected chi connectivity index (χ2v) is 3.71. The maximum atomic E-state index is 5.59. The van der Waals surface area contributed by atoms with Crippen molar-refractivity contribution >= 4 is 10.9 Å². The number of nitrogens with two attached hydrogens (primary N) is 1. The van der Waals surface area contributed by atoms with Crippen molar-refractivity contribution in [2.45, 2.75) is 20.3 Å². The third-order valence-corrected chi connectivity index (χ3v) is 2.48. The molecule has 3 N–H and O–H groups in total. The van der Waals surface area contributed by atoms with Crippen LogP contribution in [0.15, 0.2) is 12.1 Å². The molecule has 2 rings (SSSR count). The van der Waals surface area contributed by atoms with E-state index in [2.05, 4.69) is 29.3 Å². The van der Waals surface area contributed by atoms with Crippen LogP contribution in [0.2, 0.25) is 0 Å². The van der Waals surface area contributed by atoms with Crippen molar-refractivity contribution in [1.82, 2.24) is 10.2 Å². The minimum Gasteiger partial charge on any atom is -0.330 e. The molecule has 1 aromatic carbocycles. The Kier molecular flexibility index (Phi) is 2.25. The van der Waals surface area contributed by atoms with E-state index in [-0.39, 0.29) is 0 Å². The number of nitrogens with one attached hydrogen (secondary N) is 1. The predicted molar refractivity (Wildman–Crippen MR) is 58.3 cm³/mol. The highest BCUT2D eigenvalue weighted by Crippen LogP contribution is 2.22. The first-order valence-corrected chi connectivity index (χ1v) is 4.86. The Balaban J connectivity index is 2.70. The van der Waals surface area contributed by atoms with Gasteiger partial charge in [-0.3, -0.25) is 5.10 Å². The molecule has 0 atom stereocenters. The van der Waals surface area contributed by atoms with E-state index < -0.39 is 0 Å². The monoisotopic (exact) mass is 189 g/mol. The summed E-state index contributed by atoms with van der Waals surface area (Å²) in [4.78, 5) is 0. The summed E-state index contributed by atoms with van der Waals surface area (Å²) in [5.74, 6) is 0. The maximum absolute atomic E-state index is 5.59. The molecule has 0 fully saturated rings. The smallest absolute Gasteiger partial charge is 0.0929 e. The van der Waals surface area contributed by atoms with Crippen molar-refractivity contribution in [3.05, 3.63) is 29.0 Å². The van der Waals surface area contributed by atoms with Crippen molar-refractivity contribution in [2.24, 2.45) is 5.73 Å². The van der Waals surface area contributed by atoms with E-state index in [0.717, 1.165) is 17.6 Å². The first-order valence-electron chi connectivity index (χ1n) is 4.86. The molecular weight excluding hydrogens is 174 g/mol. The summed E-state index contributed by atoms with van der Waals surface area (Å²) >= 11 is 0. The Hall–Kier alpha value is -1.35. The standard InChI is InChI=1S/C11H15N3/c1-7-5-9(3-4-12)11-8(2)13-14-10(11)6-7/h5-6H,3-4,12H2,1-2H3,(H,13,14). The zero-order valence-electron chi connectivity index (χ0n) is 8.59. The van der Waals surface area contributed by atoms with Gasteiger partial charge in [-0.15, -0.1) is 0 Å². The van der Waals surface area contributed by atoms with Crippen LogP contribution >= 0.6 is 0 Å². The lowest BCUT2D eigenvalue weighted by atomic mass is 10.0. The Morgan fingerprint density at radius 2 is 2.14 bits per heavy atom. The summed E-state index contributed by atoms with van der Waals surface area (Å²) in [5, 5.41) is 8.51. The van der Waals surface area contributed by atoms with Gasteiger partial charge in [-0.1, -0.05) is 6.07 Å². The van der Waals surface area contributed by atoms with Gasteiger partial charge in [0.2, 0.25) is 0 Å². The van der Waals surface area contributed by atoms with Crippen molar-refractivity contribution in [1.29, 1.82) is 0 Å². The largest absolute Gasteiger partial charge is 0.330 e. The van der Waals surface area contributed by atoms with Crippen LogP contribution in [0, 0.1) is 13.8 Å². The summed E-state index contributed by atoms with van der Waals surface area (Å²) in [5.41, 5.74) is 10.3. The first-order chi connectivity index (χ1) is 6.72. The molecule has 74 valence electrons. The van der Waals surface area contributed by atoms with Gasteiger partial charge in [0.15, 0.2) is 0 Å². The van der Waals surface area contributed by atoms with E-state index in [1.807, 2.05) is 6.92 Å². The molecule has 1 aromatic heterocycles. The highest BCUT2D eigenvalue weighted by Gasteiger charge is 2.07. The minimum atomic E-state index is 0.684. The number of aryl methyl sites for hydroxylation is 2. The molecule has 0 amide bonds. The van der Waals surface area contributed by atoms with Crippen LogP contribution in [0.4, 0.5) is 0 Å². The molecule has 2 aromatic rings. The van der Waals surface area contributed by atoms with Gasteiger partial charge in [0, 0.05) is 11.1 Å². The van der Waals surface area contributed by atoms with Gasteiger partial charge in [0.05, 0.1) is 5.52 Å². The first kappa shape index (κ1) is 9.21. The normalized spacial score (nSPS) is 11.1. The fraction of sp³-hybridized carbons (Fsp3) is 0.364. The summed E-state index contributed by atoms with van der Waals surface area (Å²) in [6, 6.07) is 4.29. The molecule has 0 bridgehead atoms. The maximum Gasteiger partial charge on any atom is 0.0929 e. The lowest BCUT2D eigenvalue weighted by Crippen LogP contribution is -2.03. The van der Waals surface area contributed by atoms with Crippen molar-refractivity contribution in [3.63, 3.8) is 0 Å². The number of rotatable bonds is 2. The molecule has 0 aliphatic carbocycles. The van der Waals surface area contributed by atoms with Gasteiger partial charge in [0.1, 0.15) is 0 Å². The lowest BCUT2D eigenvalue weighted by Gasteiger charge is -2.03. The second kappa shape index (κ2) is 3.42. The Morgan fingerprint density at radius 1 is 1.36 bits per heavy atom. The molecule has 1 heterocycles. The zero-order chi connectivity index (χ0) is 10.1. The molecular formula is C11H15N3. The molecule has 3 nitrogen and oxygen atoms in total. The van der Waals surface area contributed by atoms with Gasteiger partial charge in [-0.05, 0) is 44.0 Å². The van der Waals surface area contributed by atoms with Crippen molar-refractivity contribution in [2.75, 3.05) is 6.54 Å². The molecule has 0 aliphatic rings. The number of aromatic amines is 1. The number of benzene rings is 1. The van der Waals surface area contributed by atoms with Crippen molar-refractivity contribution in [3.8, 4) is 0 Å². The SMILES string of the molecule is Cc1cc(CCN)c2c(C)[nH]nc2c1. The highest BCUT2D eigenvalue weighted by atomic mass is 15.1. The van der Waals surface area contributed by atoms with E-state index >= 15 is 0 Å². The van der Waals surface area contributed by atoms with E-state index in [9.17, 15) is 0 Å². The van der Waals surface area contributed by atoms with Crippen LogP contribution in [-0.2, 0) is 6.42 Å². The van der Waals surface area contributed by atoms with Crippen LogP contribution in [0.25, 0.3) is 10.9 Å². The van der Waals surface area contributed by atoms with E-state index in [4.69, 9.17) is 5.73 Å². The number of hydrogen-bond acceptors (Lipinski definition) is 2. The topological polar surface area (TPSA) is 54.7 Å². The molecule has 0 aliphatic heterocycles. The Morgan fingerprint density at radius 3 is 2.86 bits per heavy atom. The second-order valence-electron chi connectivity index (χ2n) is 3.71. The number of fused-ring (bicyclic) bond motifs is 1. The number of nitrogens with zero attached hydrogens (tertiary/aromatic N) is 1. The molecule has 0 saturated heterocycles. The third kappa shape index (κ3) is 1.40. The molecule has 0 radical (unpaired) electrons. The van der Waals surface area contributed by atoms with Crippen molar-refractivity contribution < 1.29 is 0 Å². The number of H-pyrrole nitrogens is 1. The summed E-state index contributed by atoms with van der Waals surface area (Å²) in [6.45, 7) is 4.82. The van der Waals surface area contributed by atoms with E-state index in [1.54, 1.807) is 0 Å². The summed E-state index contributed by atoms with van der Waals surface area (Å²) < 4.78 is 0. The van der Waals surface area contributed by atoms with E-state index in [0.29, 0.717) is 6.54 Å². The number of aromatic nitrogens is 2. The van der Waals surface area contributed by atoms with Crippen LogP contribution in [-0.4, -0.2) is 16.7 Å². The molecule has 0 spiro atoms. The fourth-order valence-corrected chi connectivity index (χ4v) is 1.91. The van der Waals surface area contributed by atoms with Gasteiger partial charge in [0.25, 0.3) is 0 Å². The van der Waals surface area contributed by atoms with Crippen LogP contribution in [0.3, 0.4) is 0 Å².